The molecule has 0 amide bonds. The van der Waals surface area contributed by atoms with Crippen LogP contribution in [0.5, 0.6) is 0 Å². The van der Waals surface area contributed by atoms with Crippen molar-refractivity contribution in [2.75, 3.05) is 6.61 Å². The van der Waals surface area contributed by atoms with Crippen molar-refractivity contribution in [2.45, 2.75) is 50.7 Å². The minimum Gasteiger partial charge on any atom is -0.392 e. The number of carbonyl (C=O) groups excluding carboxylic acids is 1. The van der Waals surface area contributed by atoms with Crippen molar-refractivity contribution in [3.8, 4) is 0 Å². The number of ketones is 1. The summed E-state index contributed by atoms with van der Waals surface area (Å²) in [5.41, 5.74) is 0.869. The first-order chi connectivity index (χ1) is 10.4. The van der Waals surface area contributed by atoms with Gasteiger partial charge in [0.05, 0.1) is 6.61 Å². The van der Waals surface area contributed by atoms with E-state index in [-0.39, 0.29) is 22.7 Å². The molecule has 0 saturated heterocycles. The lowest BCUT2D eigenvalue weighted by Gasteiger charge is -2.59. The number of rotatable bonds is 2. The van der Waals surface area contributed by atoms with Gasteiger partial charge in [-0.3, -0.25) is 4.79 Å². The summed E-state index contributed by atoms with van der Waals surface area (Å²) in [7, 11) is 0. The molecule has 22 heavy (non-hydrogen) atoms. The Balaban J connectivity index is 1.98. The minimum absolute atomic E-state index is 0.0565. The van der Waals surface area contributed by atoms with Gasteiger partial charge in [-0.1, -0.05) is 26.0 Å². The van der Waals surface area contributed by atoms with Gasteiger partial charge in [0, 0.05) is 22.5 Å². The topological polar surface area (TPSA) is 37.3 Å². The third-order valence-corrected chi connectivity index (χ3v) is 7.72. The summed E-state index contributed by atoms with van der Waals surface area (Å²) in [6.45, 7) is 8.38. The SMILES string of the molecule is C=CC1C(CO)=CCC2C1CCC1C(C)(C)C(=O)CCC21S. The molecular weight excluding hydrogens is 292 g/mol. The number of allylic oxidation sites excluding steroid dienone is 2. The lowest BCUT2D eigenvalue weighted by molar-refractivity contribution is -0.138. The predicted molar refractivity (Wildman–Crippen MR) is 92.9 cm³/mol. The van der Waals surface area contributed by atoms with E-state index in [4.69, 9.17) is 12.6 Å². The third-order valence-electron chi connectivity index (χ3n) is 6.85. The molecule has 0 heterocycles. The fourth-order valence-corrected chi connectivity index (χ4v) is 6.47. The zero-order valence-electron chi connectivity index (χ0n) is 13.7. The van der Waals surface area contributed by atoms with Crippen molar-refractivity contribution in [2.24, 2.45) is 29.1 Å². The molecule has 0 aromatic rings. The summed E-state index contributed by atoms with van der Waals surface area (Å²) < 4.78 is -0.0565. The minimum atomic E-state index is -0.254. The third kappa shape index (κ3) is 2.16. The fraction of sp³-hybridized carbons (Fsp3) is 0.737. The average Bonchev–Trinajstić information content (AvgIpc) is 2.50. The van der Waals surface area contributed by atoms with Gasteiger partial charge in [0.1, 0.15) is 5.78 Å². The van der Waals surface area contributed by atoms with E-state index in [2.05, 4.69) is 26.5 Å². The van der Waals surface area contributed by atoms with Crippen molar-refractivity contribution < 1.29 is 9.90 Å². The number of carbonyl (C=O) groups is 1. The van der Waals surface area contributed by atoms with E-state index in [1.54, 1.807) is 0 Å². The van der Waals surface area contributed by atoms with Gasteiger partial charge in [0.25, 0.3) is 0 Å². The second-order valence-corrected chi connectivity index (χ2v) is 8.80. The molecule has 5 unspecified atom stereocenters. The molecule has 0 aromatic heterocycles. The van der Waals surface area contributed by atoms with Crippen molar-refractivity contribution in [1.29, 1.82) is 0 Å². The molecule has 3 rings (SSSR count). The molecule has 5 atom stereocenters. The Morgan fingerprint density at radius 3 is 2.82 bits per heavy atom. The highest BCUT2D eigenvalue weighted by Gasteiger charge is 2.59. The normalized spacial score (nSPS) is 43.8. The molecule has 3 aliphatic carbocycles. The molecule has 2 fully saturated rings. The zero-order valence-corrected chi connectivity index (χ0v) is 14.6. The van der Waals surface area contributed by atoms with Gasteiger partial charge >= 0.3 is 0 Å². The van der Waals surface area contributed by atoms with Gasteiger partial charge in [0.2, 0.25) is 0 Å². The standard InChI is InChI=1S/C19H28O2S/c1-4-13-12(11-20)5-7-15-14(13)6-8-16-18(2,3)17(21)9-10-19(15,16)22/h4-5,13-16,20,22H,1,6-11H2,2-3H3. The number of fused-ring (bicyclic) bond motifs is 3. The highest BCUT2D eigenvalue weighted by Crippen LogP contribution is 2.61. The van der Waals surface area contributed by atoms with E-state index < -0.39 is 0 Å². The summed E-state index contributed by atoms with van der Waals surface area (Å²) in [5.74, 6) is 2.04. The highest BCUT2D eigenvalue weighted by atomic mass is 32.1. The van der Waals surface area contributed by atoms with Crippen LogP contribution in [-0.4, -0.2) is 22.2 Å². The van der Waals surface area contributed by atoms with Crippen LogP contribution < -0.4 is 0 Å². The number of thiol groups is 1. The van der Waals surface area contributed by atoms with E-state index in [1.165, 1.54) is 0 Å². The lowest BCUT2D eigenvalue weighted by Crippen LogP contribution is -2.59. The highest BCUT2D eigenvalue weighted by molar-refractivity contribution is 7.81. The summed E-state index contributed by atoms with van der Waals surface area (Å²) in [5, 5.41) is 9.62. The summed E-state index contributed by atoms with van der Waals surface area (Å²) in [6, 6.07) is 0. The Morgan fingerprint density at radius 2 is 2.18 bits per heavy atom. The Labute approximate surface area is 139 Å². The van der Waals surface area contributed by atoms with Crippen LogP contribution >= 0.6 is 12.6 Å². The van der Waals surface area contributed by atoms with Gasteiger partial charge in [0.15, 0.2) is 0 Å². The molecule has 0 spiro atoms. The van der Waals surface area contributed by atoms with E-state index in [1.807, 2.05) is 6.08 Å². The maximum absolute atomic E-state index is 12.4. The summed E-state index contributed by atoms with van der Waals surface area (Å²) >= 11 is 5.21. The van der Waals surface area contributed by atoms with Crippen molar-refractivity contribution >= 4 is 18.4 Å². The van der Waals surface area contributed by atoms with Crippen LogP contribution in [0.15, 0.2) is 24.3 Å². The lowest BCUT2D eigenvalue weighted by atomic mass is 9.49. The maximum Gasteiger partial charge on any atom is 0.138 e. The molecule has 3 aliphatic rings. The summed E-state index contributed by atoms with van der Waals surface area (Å²) in [4.78, 5) is 12.4. The largest absolute Gasteiger partial charge is 0.392 e. The Bertz CT molecular complexity index is 522. The van der Waals surface area contributed by atoms with Crippen LogP contribution in [0.2, 0.25) is 0 Å². The van der Waals surface area contributed by atoms with Gasteiger partial charge in [-0.05, 0) is 49.0 Å². The van der Waals surface area contributed by atoms with Crippen LogP contribution in [0.25, 0.3) is 0 Å². The molecule has 0 aromatic carbocycles. The van der Waals surface area contributed by atoms with Crippen molar-refractivity contribution in [3.63, 3.8) is 0 Å². The van der Waals surface area contributed by atoms with Gasteiger partial charge in [-0.2, -0.15) is 12.6 Å². The first-order valence-electron chi connectivity index (χ1n) is 8.54. The molecule has 3 heteroatoms. The number of hydrogen-bond acceptors (Lipinski definition) is 3. The second kappa shape index (κ2) is 5.52. The van der Waals surface area contributed by atoms with Crippen molar-refractivity contribution in [3.05, 3.63) is 24.3 Å². The first kappa shape index (κ1) is 16.3. The Morgan fingerprint density at radius 1 is 1.45 bits per heavy atom. The molecule has 1 N–H and O–H groups in total. The predicted octanol–water partition coefficient (Wildman–Crippen LogP) is 3.81. The Kier molecular flexibility index (Phi) is 4.10. The van der Waals surface area contributed by atoms with Crippen LogP contribution in [0.3, 0.4) is 0 Å². The number of aliphatic hydroxyl groups is 1. The monoisotopic (exact) mass is 320 g/mol. The first-order valence-corrected chi connectivity index (χ1v) is 8.99. The van der Waals surface area contributed by atoms with E-state index in [9.17, 15) is 9.90 Å². The fourth-order valence-electron chi connectivity index (χ4n) is 5.61. The van der Waals surface area contributed by atoms with Crippen LogP contribution in [0.4, 0.5) is 0 Å². The Hall–Kier alpha value is -0.540. The van der Waals surface area contributed by atoms with Gasteiger partial charge in [-0.25, -0.2) is 0 Å². The number of hydrogen-bond donors (Lipinski definition) is 2. The second-order valence-electron chi connectivity index (χ2n) is 7.97. The van der Waals surface area contributed by atoms with E-state index in [0.717, 1.165) is 31.3 Å². The summed E-state index contributed by atoms with van der Waals surface area (Å²) in [6.07, 6.45) is 8.93. The smallest absolute Gasteiger partial charge is 0.138 e. The number of Topliss-reactive ketones (excluding diaryl/α,β-unsaturated/α-hetero) is 1. The van der Waals surface area contributed by atoms with Gasteiger partial charge < -0.3 is 5.11 Å². The molecule has 0 radical (unpaired) electrons. The number of aliphatic hydroxyl groups excluding tert-OH is 1. The van der Waals surface area contributed by atoms with Crippen LogP contribution in [0.1, 0.15) is 46.0 Å². The van der Waals surface area contributed by atoms with Gasteiger partial charge in [-0.15, -0.1) is 6.58 Å². The molecular formula is C19H28O2S. The average molecular weight is 320 g/mol. The van der Waals surface area contributed by atoms with Crippen LogP contribution in [0, 0.1) is 29.1 Å². The molecule has 2 saturated carbocycles. The molecule has 2 nitrogen and oxygen atoms in total. The zero-order chi connectivity index (χ0) is 16.1. The quantitative estimate of drug-likeness (QED) is 0.600. The van der Waals surface area contributed by atoms with Crippen molar-refractivity contribution in [1.82, 2.24) is 0 Å². The molecule has 0 bridgehead atoms. The van der Waals surface area contributed by atoms with Crippen LogP contribution in [-0.2, 0) is 4.79 Å². The molecule has 0 aliphatic heterocycles. The molecule has 122 valence electrons. The maximum atomic E-state index is 12.4. The van der Waals surface area contributed by atoms with E-state index in [0.29, 0.717) is 30.0 Å². The van der Waals surface area contributed by atoms with E-state index >= 15 is 0 Å².